The fourth-order valence-electron chi connectivity index (χ4n) is 1.97. The highest BCUT2D eigenvalue weighted by Gasteiger charge is 2.30. The van der Waals surface area contributed by atoms with E-state index in [2.05, 4.69) is 22.5 Å². The van der Waals surface area contributed by atoms with Gasteiger partial charge in [0.2, 0.25) is 0 Å². The van der Waals surface area contributed by atoms with Crippen molar-refractivity contribution in [2.45, 2.75) is 32.5 Å². The summed E-state index contributed by atoms with van der Waals surface area (Å²) in [6.07, 6.45) is -3.96. The number of nitrogens with one attached hydrogen (secondary N) is 2. The van der Waals surface area contributed by atoms with Gasteiger partial charge in [0.05, 0.1) is 12.1 Å². The predicted molar refractivity (Wildman–Crippen MR) is 85.2 cm³/mol. The van der Waals surface area contributed by atoms with E-state index in [0.29, 0.717) is 6.42 Å². The molecule has 132 valence electrons. The lowest BCUT2D eigenvalue weighted by atomic mass is 10.0. The van der Waals surface area contributed by atoms with Crippen LogP contribution in [0.15, 0.2) is 24.3 Å². The number of aliphatic hydroxyl groups excluding tert-OH is 1. The molecule has 1 rings (SSSR count). The van der Waals surface area contributed by atoms with Gasteiger partial charge in [-0.2, -0.15) is 13.2 Å². The molecule has 3 N–H and O–H groups in total. The number of hydrogen-bond acceptors (Lipinski definition) is 2. The Kier molecular flexibility index (Phi) is 7.59. The number of carbonyl (C=O) groups is 1. The predicted octanol–water partition coefficient (Wildman–Crippen LogP) is 2.76. The van der Waals surface area contributed by atoms with E-state index in [4.69, 9.17) is 5.11 Å². The van der Waals surface area contributed by atoms with Crippen LogP contribution in [0.5, 0.6) is 0 Å². The van der Waals surface area contributed by atoms with Crippen molar-refractivity contribution in [2.75, 3.05) is 13.2 Å². The molecule has 0 aliphatic carbocycles. The number of aliphatic hydroxyl groups is 1. The van der Waals surface area contributed by atoms with E-state index in [1.807, 2.05) is 13.8 Å². The molecule has 2 amide bonds. The molecule has 1 atom stereocenters. The Bertz CT molecular complexity index is 604. The number of amides is 2. The average molecular weight is 342 g/mol. The smallest absolute Gasteiger partial charge is 0.396 e. The van der Waals surface area contributed by atoms with E-state index in [-0.39, 0.29) is 30.7 Å². The van der Waals surface area contributed by atoms with Crippen LogP contribution >= 0.6 is 0 Å². The van der Waals surface area contributed by atoms with Crippen LogP contribution < -0.4 is 10.6 Å². The molecule has 4 nitrogen and oxygen atoms in total. The monoisotopic (exact) mass is 342 g/mol. The lowest BCUT2D eigenvalue weighted by Gasteiger charge is -2.21. The minimum absolute atomic E-state index is 0.00597. The SMILES string of the molecule is CC(C)C(CCO)NC(=O)NCC#Cc1cccc(C(F)(F)F)c1. The number of urea groups is 1. The zero-order valence-electron chi connectivity index (χ0n) is 13.6. The van der Waals surface area contributed by atoms with E-state index in [1.165, 1.54) is 12.1 Å². The minimum Gasteiger partial charge on any atom is -0.396 e. The largest absolute Gasteiger partial charge is 0.416 e. The first-order valence-electron chi connectivity index (χ1n) is 7.55. The summed E-state index contributed by atoms with van der Waals surface area (Å²) in [7, 11) is 0. The van der Waals surface area contributed by atoms with E-state index in [9.17, 15) is 18.0 Å². The van der Waals surface area contributed by atoms with Crippen molar-refractivity contribution in [3.8, 4) is 11.8 Å². The molecule has 0 saturated heterocycles. The van der Waals surface area contributed by atoms with Crippen molar-refractivity contribution in [3.05, 3.63) is 35.4 Å². The molecule has 7 heteroatoms. The first-order valence-corrected chi connectivity index (χ1v) is 7.55. The summed E-state index contributed by atoms with van der Waals surface area (Å²) < 4.78 is 37.7. The maximum absolute atomic E-state index is 12.6. The standard InChI is InChI=1S/C17H21F3N2O2/c1-12(2)15(8-10-23)22-16(24)21-9-4-6-13-5-3-7-14(11-13)17(18,19)20/h3,5,7,11-12,15,23H,8-10H2,1-2H3,(H2,21,22,24). The number of alkyl halides is 3. The van der Waals surface area contributed by atoms with Crippen molar-refractivity contribution in [2.24, 2.45) is 5.92 Å². The van der Waals surface area contributed by atoms with Gasteiger partial charge in [0.1, 0.15) is 0 Å². The van der Waals surface area contributed by atoms with Crippen molar-refractivity contribution in [1.29, 1.82) is 0 Å². The van der Waals surface area contributed by atoms with Crippen LogP contribution in [0.2, 0.25) is 0 Å². The Morgan fingerprint density at radius 3 is 2.62 bits per heavy atom. The fourth-order valence-corrected chi connectivity index (χ4v) is 1.97. The highest BCUT2D eigenvalue weighted by molar-refractivity contribution is 5.74. The van der Waals surface area contributed by atoms with Crippen LogP contribution in [0.4, 0.5) is 18.0 Å². The second kappa shape index (κ2) is 9.18. The topological polar surface area (TPSA) is 61.4 Å². The highest BCUT2D eigenvalue weighted by atomic mass is 19.4. The number of carbonyl (C=O) groups excluding carboxylic acids is 1. The van der Waals surface area contributed by atoms with Crippen molar-refractivity contribution in [3.63, 3.8) is 0 Å². The van der Waals surface area contributed by atoms with Gasteiger partial charge in [-0.05, 0) is 30.5 Å². The molecule has 0 spiro atoms. The minimum atomic E-state index is -4.41. The summed E-state index contributed by atoms with van der Waals surface area (Å²) in [5.74, 6) is 5.35. The Labute approximate surface area is 139 Å². The van der Waals surface area contributed by atoms with Gasteiger partial charge >= 0.3 is 12.2 Å². The van der Waals surface area contributed by atoms with Gasteiger partial charge in [-0.1, -0.05) is 31.8 Å². The van der Waals surface area contributed by atoms with Gasteiger partial charge in [-0.3, -0.25) is 0 Å². The van der Waals surface area contributed by atoms with E-state index < -0.39 is 17.8 Å². The van der Waals surface area contributed by atoms with Gasteiger partial charge < -0.3 is 15.7 Å². The quantitative estimate of drug-likeness (QED) is 0.721. The summed E-state index contributed by atoms with van der Waals surface area (Å²) >= 11 is 0. The van der Waals surface area contributed by atoms with Gasteiger partial charge in [-0.25, -0.2) is 4.79 Å². The molecule has 0 saturated carbocycles. The summed E-state index contributed by atoms with van der Waals surface area (Å²) in [6.45, 7) is 3.83. The molecule has 1 unspecified atom stereocenters. The summed E-state index contributed by atoms with van der Waals surface area (Å²) in [4.78, 5) is 11.7. The maximum Gasteiger partial charge on any atom is 0.416 e. The van der Waals surface area contributed by atoms with E-state index >= 15 is 0 Å². The zero-order chi connectivity index (χ0) is 18.2. The number of hydrogen-bond donors (Lipinski definition) is 3. The zero-order valence-corrected chi connectivity index (χ0v) is 13.6. The van der Waals surface area contributed by atoms with Crippen LogP contribution in [0.25, 0.3) is 0 Å². The third-order valence-electron chi connectivity index (χ3n) is 3.32. The summed E-state index contributed by atoms with van der Waals surface area (Å²) in [6, 6.07) is 4.10. The Morgan fingerprint density at radius 1 is 1.33 bits per heavy atom. The molecule has 0 aromatic heterocycles. The molecule has 0 bridgehead atoms. The Balaban J connectivity index is 2.54. The number of halogens is 3. The molecule has 1 aromatic rings. The first kappa shape index (κ1) is 19.8. The third kappa shape index (κ3) is 6.92. The van der Waals surface area contributed by atoms with E-state index in [0.717, 1.165) is 12.1 Å². The number of benzene rings is 1. The number of rotatable bonds is 5. The molecule has 0 heterocycles. The molecule has 0 radical (unpaired) electrons. The second-order valence-corrected chi connectivity index (χ2v) is 5.57. The van der Waals surface area contributed by atoms with Gasteiger partial charge in [0.25, 0.3) is 0 Å². The van der Waals surface area contributed by atoms with Gasteiger partial charge in [-0.15, -0.1) is 0 Å². The first-order chi connectivity index (χ1) is 11.2. The molecular formula is C17H21F3N2O2. The normalized spacial score (nSPS) is 12.3. The highest BCUT2D eigenvalue weighted by Crippen LogP contribution is 2.29. The van der Waals surface area contributed by atoms with Crippen molar-refractivity contribution in [1.82, 2.24) is 10.6 Å². The Morgan fingerprint density at radius 2 is 2.04 bits per heavy atom. The van der Waals surface area contributed by atoms with Crippen LogP contribution in [-0.4, -0.2) is 30.3 Å². The van der Waals surface area contributed by atoms with Crippen molar-refractivity contribution < 1.29 is 23.1 Å². The van der Waals surface area contributed by atoms with Gasteiger partial charge in [0.15, 0.2) is 0 Å². The van der Waals surface area contributed by atoms with Crippen LogP contribution in [-0.2, 0) is 6.18 Å². The van der Waals surface area contributed by atoms with Crippen LogP contribution in [0.3, 0.4) is 0 Å². The molecular weight excluding hydrogens is 321 g/mol. The molecule has 24 heavy (non-hydrogen) atoms. The fraction of sp³-hybridized carbons (Fsp3) is 0.471. The molecule has 0 aliphatic rings. The third-order valence-corrected chi connectivity index (χ3v) is 3.32. The van der Waals surface area contributed by atoms with Crippen LogP contribution in [0, 0.1) is 17.8 Å². The molecule has 1 aromatic carbocycles. The Hall–Kier alpha value is -2.20. The summed E-state index contributed by atoms with van der Waals surface area (Å²) in [5, 5.41) is 14.2. The van der Waals surface area contributed by atoms with E-state index in [1.54, 1.807) is 0 Å². The lowest BCUT2D eigenvalue weighted by molar-refractivity contribution is -0.137. The molecule has 0 fully saturated rings. The maximum atomic E-state index is 12.6. The van der Waals surface area contributed by atoms with Crippen molar-refractivity contribution >= 4 is 6.03 Å². The average Bonchev–Trinajstić information content (AvgIpc) is 2.50. The van der Waals surface area contributed by atoms with Crippen LogP contribution in [0.1, 0.15) is 31.4 Å². The lowest BCUT2D eigenvalue weighted by Crippen LogP contribution is -2.45. The molecule has 0 aliphatic heterocycles. The summed E-state index contributed by atoms with van der Waals surface area (Å²) in [5.41, 5.74) is -0.531. The van der Waals surface area contributed by atoms with Gasteiger partial charge in [0, 0.05) is 18.2 Å². The second-order valence-electron chi connectivity index (χ2n) is 5.57.